The molecule has 0 spiro atoms. The number of amides is 1. The minimum Gasteiger partial charge on any atom is -0.353 e. The maximum atomic E-state index is 11.7. The van der Waals surface area contributed by atoms with Crippen molar-refractivity contribution >= 4 is 5.91 Å². The van der Waals surface area contributed by atoms with Gasteiger partial charge in [0.05, 0.1) is 0 Å². The minimum absolute atomic E-state index is 0.0618. The Bertz CT molecular complexity index is 210. The smallest absolute Gasteiger partial charge is 0.224 e. The van der Waals surface area contributed by atoms with E-state index in [0.717, 1.165) is 0 Å². The van der Waals surface area contributed by atoms with Crippen LogP contribution in [-0.4, -0.2) is 18.5 Å². The third-order valence-corrected chi connectivity index (χ3v) is 3.78. The lowest BCUT2D eigenvalue weighted by Gasteiger charge is -2.24. The van der Waals surface area contributed by atoms with Gasteiger partial charge < -0.3 is 11.1 Å². The zero-order valence-electron chi connectivity index (χ0n) is 10.7. The average molecular weight is 226 g/mol. The van der Waals surface area contributed by atoms with Crippen molar-refractivity contribution in [2.75, 3.05) is 6.54 Å². The molecule has 0 aromatic heterocycles. The Morgan fingerprint density at radius 3 is 2.31 bits per heavy atom. The summed E-state index contributed by atoms with van der Waals surface area (Å²) in [5, 5.41) is 3.11. The van der Waals surface area contributed by atoms with Crippen molar-refractivity contribution in [3.05, 3.63) is 0 Å². The van der Waals surface area contributed by atoms with Crippen LogP contribution < -0.4 is 11.1 Å². The zero-order valence-corrected chi connectivity index (χ0v) is 10.7. The molecule has 3 nitrogen and oxygen atoms in total. The van der Waals surface area contributed by atoms with Gasteiger partial charge in [-0.15, -0.1) is 0 Å². The Morgan fingerprint density at radius 1 is 1.25 bits per heavy atom. The van der Waals surface area contributed by atoms with E-state index in [1.54, 1.807) is 0 Å². The summed E-state index contributed by atoms with van der Waals surface area (Å²) >= 11 is 0. The molecule has 0 aliphatic heterocycles. The largest absolute Gasteiger partial charge is 0.353 e. The summed E-state index contributed by atoms with van der Waals surface area (Å²) in [5.74, 6) is 0.712. The van der Waals surface area contributed by atoms with E-state index >= 15 is 0 Å². The molecule has 0 heterocycles. The quantitative estimate of drug-likeness (QED) is 0.721. The van der Waals surface area contributed by atoms with Gasteiger partial charge in [-0.05, 0) is 25.7 Å². The molecule has 94 valence electrons. The summed E-state index contributed by atoms with van der Waals surface area (Å²) in [6.45, 7) is 4.45. The second kappa shape index (κ2) is 6.89. The first-order valence-corrected chi connectivity index (χ1v) is 6.65. The summed E-state index contributed by atoms with van der Waals surface area (Å²) < 4.78 is 0. The topological polar surface area (TPSA) is 55.1 Å². The number of hydrogen-bond acceptors (Lipinski definition) is 2. The van der Waals surface area contributed by atoms with E-state index in [9.17, 15) is 4.79 Å². The standard InChI is InChI=1S/C13H26N2O/c1-10(9-14)13(16)15-11(2)12-7-5-3-4-6-8-12/h10-12H,3-9,14H2,1-2H3,(H,15,16)/t10?,11-/m1/s1. The van der Waals surface area contributed by atoms with Gasteiger partial charge in [-0.1, -0.05) is 32.6 Å². The Morgan fingerprint density at radius 2 is 1.81 bits per heavy atom. The Labute approximate surface area is 99.2 Å². The first kappa shape index (κ1) is 13.5. The van der Waals surface area contributed by atoms with Crippen LogP contribution in [0.4, 0.5) is 0 Å². The fourth-order valence-electron chi connectivity index (χ4n) is 2.40. The summed E-state index contributed by atoms with van der Waals surface area (Å²) in [7, 11) is 0. The molecule has 1 amide bonds. The van der Waals surface area contributed by atoms with E-state index in [0.29, 0.717) is 18.5 Å². The lowest BCUT2D eigenvalue weighted by Crippen LogP contribution is -2.42. The van der Waals surface area contributed by atoms with Crippen LogP contribution in [0.15, 0.2) is 0 Å². The molecule has 0 radical (unpaired) electrons. The highest BCUT2D eigenvalue weighted by molar-refractivity contribution is 5.78. The Kier molecular flexibility index (Phi) is 5.81. The molecule has 2 atom stereocenters. The SMILES string of the molecule is CC(CN)C(=O)N[C@H](C)C1CCCCCC1. The first-order valence-electron chi connectivity index (χ1n) is 6.65. The average Bonchev–Trinajstić information content (AvgIpc) is 2.56. The van der Waals surface area contributed by atoms with Crippen LogP contribution in [0.25, 0.3) is 0 Å². The van der Waals surface area contributed by atoms with Gasteiger partial charge in [-0.2, -0.15) is 0 Å². The molecule has 0 aromatic rings. The Hall–Kier alpha value is -0.570. The molecule has 0 aromatic carbocycles. The zero-order chi connectivity index (χ0) is 12.0. The van der Waals surface area contributed by atoms with E-state index in [1.165, 1.54) is 38.5 Å². The van der Waals surface area contributed by atoms with Gasteiger partial charge >= 0.3 is 0 Å². The third kappa shape index (κ3) is 4.12. The van der Waals surface area contributed by atoms with Crippen molar-refractivity contribution in [2.24, 2.45) is 17.6 Å². The minimum atomic E-state index is -0.0618. The van der Waals surface area contributed by atoms with Gasteiger partial charge in [0.15, 0.2) is 0 Å². The maximum Gasteiger partial charge on any atom is 0.224 e. The molecular weight excluding hydrogens is 200 g/mol. The van der Waals surface area contributed by atoms with Crippen molar-refractivity contribution in [3.8, 4) is 0 Å². The molecule has 0 bridgehead atoms. The predicted octanol–water partition coefficient (Wildman–Crippen LogP) is 2.06. The molecule has 1 saturated carbocycles. The number of carbonyl (C=O) groups excluding carboxylic acids is 1. The lowest BCUT2D eigenvalue weighted by molar-refractivity contribution is -0.125. The second-order valence-electron chi connectivity index (χ2n) is 5.19. The molecule has 1 fully saturated rings. The van der Waals surface area contributed by atoms with Crippen LogP contribution >= 0.6 is 0 Å². The van der Waals surface area contributed by atoms with Crippen molar-refractivity contribution in [3.63, 3.8) is 0 Å². The van der Waals surface area contributed by atoms with Crippen LogP contribution in [0.5, 0.6) is 0 Å². The van der Waals surface area contributed by atoms with Gasteiger partial charge in [0.25, 0.3) is 0 Å². The highest BCUT2D eigenvalue weighted by Crippen LogP contribution is 2.25. The molecule has 1 aliphatic carbocycles. The van der Waals surface area contributed by atoms with E-state index in [4.69, 9.17) is 5.73 Å². The number of carbonyl (C=O) groups is 1. The van der Waals surface area contributed by atoms with Gasteiger partial charge in [0.1, 0.15) is 0 Å². The summed E-state index contributed by atoms with van der Waals surface area (Å²) in [6, 6.07) is 0.305. The summed E-state index contributed by atoms with van der Waals surface area (Å²) in [5.41, 5.74) is 5.49. The third-order valence-electron chi connectivity index (χ3n) is 3.78. The number of nitrogens with one attached hydrogen (secondary N) is 1. The van der Waals surface area contributed by atoms with Crippen LogP contribution in [0.2, 0.25) is 0 Å². The summed E-state index contributed by atoms with van der Waals surface area (Å²) in [4.78, 5) is 11.7. The van der Waals surface area contributed by atoms with Crippen LogP contribution in [0, 0.1) is 11.8 Å². The fraction of sp³-hybridized carbons (Fsp3) is 0.923. The van der Waals surface area contributed by atoms with Gasteiger partial charge in [0.2, 0.25) is 5.91 Å². The summed E-state index contributed by atoms with van der Waals surface area (Å²) in [6.07, 6.45) is 7.87. The van der Waals surface area contributed by atoms with Crippen molar-refractivity contribution in [2.45, 2.75) is 58.4 Å². The van der Waals surface area contributed by atoms with E-state index < -0.39 is 0 Å². The molecule has 1 aliphatic rings. The number of nitrogens with two attached hydrogens (primary N) is 1. The molecule has 3 N–H and O–H groups in total. The van der Waals surface area contributed by atoms with Crippen LogP contribution in [0.3, 0.4) is 0 Å². The molecule has 0 saturated heterocycles. The first-order chi connectivity index (χ1) is 7.65. The normalized spacial score (nSPS) is 22.2. The Balaban J connectivity index is 2.37. The van der Waals surface area contributed by atoms with E-state index in [-0.39, 0.29) is 11.8 Å². The van der Waals surface area contributed by atoms with Crippen molar-refractivity contribution in [1.29, 1.82) is 0 Å². The van der Waals surface area contributed by atoms with E-state index in [1.807, 2.05) is 6.92 Å². The van der Waals surface area contributed by atoms with Crippen molar-refractivity contribution in [1.82, 2.24) is 5.32 Å². The molecule has 3 heteroatoms. The number of hydrogen-bond donors (Lipinski definition) is 2. The van der Waals surface area contributed by atoms with Gasteiger partial charge in [-0.3, -0.25) is 4.79 Å². The molecular formula is C13H26N2O. The maximum absolute atomic E-state index is 11.7. The molecule has 1 rings (SSSR count). The molecule has 16 heavy (non-hydrogen) atoms. The molecule has 1 unspecified atom stereocenters. The lowest BCUT2D eigenvalue weighted by atomic mass is 9.92. The fourth-order valence-corrected chi connectivity index (χ4v) is 2.40. The monoisotopic (exact) mass is 226 g/mol. The highest BCUT2D eigenvalue weighted by Gasteiger charge is 2.21. The van der Waals surface area contributed by atoms with Crippen molar-refractivity contribution < 1.29 is 4.79 Å². The predicted molar refractivity (Wildman–Crippen MR) is 67.0 cm³/mol. The van der Waals surface area contributed by atoms with Crippen LogP contribution in [0.1, 0.15) is 52.4 Å². The van der Waals surface area contributed by atoms with Gasteiger partial charge in [0, 0.05) is 18.5 Å². The van der Waals surface area contributed by atoms with Gasteiger partial charge in [-0.25, -0.2) is 0 Å². The number of rotatable bonds is 4. The van der Waals surface area contributed by atoms with Crippen LogP contribution in [-0.2, 0) is 4.79 Å². The van der Waals surface area contributed by atoms with E-state index in [2.05, 4.69) is 12.2 Å². The highest BCUT2D eigenvalue weighted by atomic mass is 16.1. The second-order valence-corrected chi connectivity index (χ2v) is 5.19.